The maximum atomic E-state index is 5.10. The van der Waals surface area contributed by atoms with Crippen LogP contribution in [0, 0.1) is 0 Å². The molecule has 0 unspecified atom stereocenters. The van der Waals surface area contributed by atoms with E-state index in [0.717, 1.165) is 33.4 Å². The molecule has 10 rings (SSSR count). The second-order valence-electron chi connectivity index (χ2n) is 14.7. The number of nitrogens with zero attached hydrogens (tertiary/aromatic N) is 3. The molecular weight excluding hydrogens is 655 g/mol. The van der Waals surface area contributed by atoms with Crippen molar-refractivity contribution in [3.05, 3.63) is 187 Å². The molecule has 0 radical (unpaired) electrons. The van der Waals surface area contributed by atoms with Crippen LogP contribution < -0.4 is 0 Å². The van der Waals surface area contributed by atoms with E-state index in [1.54, 1.807) is 0 Å². The summed E-state index contributed by atoms with van der Waals surface area (Å²) < 4.78 is 0. The van der Waals surface area contributed by atoms with Crippen molar-refractivity contribution in [2.75, 3.05) is 0 Å². The Hall–Kier alpha value is -6.45. The van der Waals surface area contributed by atoms with Gasteiger partial charge in [-0.2, -0.15) is 0 Å². The normalized spacial score (nSPS) is 14.1. The van der Waals surface area contributed by atoms with Crippen LogP contribution in [-0.2, 0) is 5.41 Å². The van der Waals surface area contributed by atoms with Crippen LogP contribution in [0.4, 0.5) is 0 Å². The minimum absolute atomic E-state index is 0.136. The summed E-state index contributed by atoms with van der Waals surface area (Å²) in [5.41, 5.74) is 16.0. The molecule has 1 aromatic heterocycles. The zero-order valence-electron chi connectivity index (χ0n) is 30.1. The van der Waals surface area contributed by atoms with Crippen molar-refractivity contribution in [2.24, 2.45) is 0 Å². The van der Waals surface area contributed by atoms with Gasteiger partial charge in [-0.15, -0.1) is 0 Å². The smallest absolute Gasteiger partial charge is 0.164 e. The minimum Gasteiger partial charge on any atom is -0.208 e. The number of hydrogen-bond acceptors (Lipinski definition) is 3. The van der Waals surface area contributed by atoms with E-state index in [0.29, 0.717) is 17.5 Å². The van der Waals surface area contributed by atoms with Crippen LogP contribution in [0.25, 0.3) is 78.7 Å². The van der Waals surface area contributed by atoms with E-state index in [-0.39, 0.29) is 5.41 Å². The number of benzene rings is 7. The Balaban J connectivity index is 1.03. The Kier molecular flexibility index (Phi) is 8.06. The first-order valence-electron chi connectivity index (χ1n) is 19.1. The van der Waals surface area contributed by atoms with Crippen LogP contribution in [0.3, 0.4) is 0 Å². The molecule has 258 valence electrons. The molecule has 0 amide bonds. The third-order valence-corrected chi connectivity index (χ3v) is 11.5. The lowest BCUT2D eigenvalue weighted by Crippen LogP contribution is -2.28. The predicted molar refractivity (Wildman–Crippen MR) is 222 cm³/mol. The summed E-state index contributed by atoms with van der Waals surface area (Å²) in [4.78, 5) is 15.2. The number of fused-ring (bicyclic) bond motifs is 5. The van der Waals surface area contributed by atoms with Crippen LogP contribution in [0.2, 0.25) is 0 Å². The molecule has 3 heteroatoms. The first-order chi connectivity index (χ1) is 26.7. The van der Waals surface area contributed by atoms with Crippen LogP contribution in [-0.4, -0.2) is 15.0 Å². The van der Waals surface area contributed by atoms with Crippen molar-refractivity contribution in [3.63, 3.8) is 0 Å². The standard InChI is InChI=1S/C51H39N3/c1-4-15-35(16-5-1)37-19-13-23-42(32-37)49-52-48(36-17-6-2-7-18-36)53-50(54-49)43-24-14-22-40(33-43)38-20-12-21-39(31-38)41-27-28-45-44-25-8-9-26-46(44)51(47(45)34-41)29-10-3-11-30-51/h1-2,4-9,12-28,31-34H,3,10-11,29-30H2. The maximum Gasteiger partial charge on any atom is 0.164 e. The highest BCUT2D eigenvalue weighted by molar-refractivity contribution is 5.85. The summed E-state index contributed by atoms with van der Waals surface area (Å²) in [7, 11) is 0. The fourth-order valence-electron chi connectivity index (χ4n) is 8.86. The third kappa shape index (κ3) is 5.74. The van der Waals surface area contributed by atoms with E-state index in [9.17, 15) is 0 Å². The highest BCUT2D eigenvalue weighted by atomic mass is 15.0. The summed E-state index contributed by atoms with van der Waals surface area (Å²) in [6.07, 6.45) is 6.38. The van der Waals surface area contributed by atoms with E-state index in [1.807, 2.05) is 24.3 Å². The molecule has 0 bridgehead atoms. The van der Waals surface area contributed by atoms with Gasteiger partial charge in [-0.1, -0.05) is 171 Å². The van der Waals surface area contributed by atoms with Gasteiger partial charge in [0.05, 0.1) is 0 Å². The lowest BCUT2D eigenvalue weighted by Gasteiger charge is -2.36. The van der Waals surface area contributed by atoms with Gasteiger partial charge in [0, 0.05) is 22.1 Å². The Morgan fingerprint density at radius 1 is 0.296 bits per heavy atom. The summed E-state index contributed by atoms with van der Waals surface area (Å²) >= 11 is 0. The zero-order valence-corrected chi connectivity index (χ0v) is 30.1. The summed E-state index contributed by atoms with van der Waals surface area (Å²) in [5, 5.41) is 0. The first-order valence-corrected chi connectivity index (χ1v) is 19.1. The Labute approximate surface area is 317 Å². The van der Waals surface area contributed by atoms with Gasteiger partial charge in [0.15, 0.2) is 17.5 Å². The molecule has 7 aromatic carbocycles. The lowest BCUT2D eigenvalue weighted by atomic mass is 9.67. The van der Waals surface area contributed by atoms with Gasteiger partial charge in [0.2, 0.25) is 0 Å². The molecule has 1 spiro atoms. The zero-order chi connectivity index (χ0) is 35.9. The monoisotopic (exact) mass is 693 g/mol. The van der Waals surface area contributed by atoms with E-state index in [1.165, 1.54) is 71.0 Å². The van der Waals surface area contributed by atoms with Gasteiger partial charge in [-0.05, 0) is 92.7 Å². The molecule has 1 saturated carbocycles. The maximum absolute atomic E-state index is 5.10. The van der Waals surface area contributed by atoms with Crippen LogP contribution >= 0.6 is 0 Å². The SMILES string of the molecule is c1ccc(-c2cccc(-c3nc(-c4ccccc4)nc(-c4cccc(-c5cccc(-c6ccc7c(c6)C6(CCCCC6)c6ccccc6-7)c5)c4)n3)c2)cc1. The third-order valence-electron chi connectivity index (χ3n) is 11.5. The van der Waals surface area contributed by atoms with Gasteiger partial charge >= 0.3 is 0 Å². The summed E-state index contributed by atoms with van der Waals surface area (Å²) in [6, 6.07) is 63.0. The van der Waals surface area contributed by atoms with E-state index in [2.05, 4.69) is 152 Å². The van der Waals surface area contributed by atoms with Crippen LogP contribution in [0.15, 0.2) is 176 Å². The summed E-state index contributed by atoms with van der Waals surface area (Å²) in [5.74, 6) is 1.96. The fraction of sp³-hybridized carbons (Fsp3) is 0.118. The van der Waals surface area contributed by atoms with Crippen molar-refractivity contribution in [1.29, 1.82) is 0 Å². The van der Waals surface area contributed by atoms with Gasteiger partial charge in [-0.3, -0.25) is 0 Å². The molecule has 2 aliphatic carbocycles. The van der Waals surface area contributed by atoms with Crippen molar-refractivity contribution in [3.8, 4) is 78.7 Å². The number of rotatable bonds is 6. The average Bonchev–Trinajstić information content (AvgIpc) is 3.52. The van der Waals surface area contributed by atoms with Crippen molar-refractivity contribution >= 4 is 0 Å². The highest BCUT2D eigenvalue weighted by Crippen LogP contribution is 2.56. The van der Waals surface area contributed by atoms with E-state index < -0.39 is 0 Å². The molecule has 3 nitrogen and oxygen atoms in total. The second-order valence-corrected chi connectivity index (χ2v) is 14.7. The number of hydrogen-bond donors (Lipinski definition) is 0. The quantitative estimate of drug-likeness (QED) is 0.174. The van der Waals surface area contributed by atoms with Crippen LogP contribution in [0.5, 0.6) is 0 Å². The molecule has 1 fully saturated rings. The largest absolute Gasteiger partial charge is 0.208 e. The average molecular weight is 694 g/mol. The minimum atomic E-state index is 0.136. The van der Waals surface area contributed by atoms with Gasteiger partial charge in [-0.25, -0.2) is 15.0 Å². The van der Waals surface area contributed by atoms with E-state index >= 15 is 0 Å². The van der Waals surface area contributed by atoms with Gasteiger partial charge < -0.3 is 0 Å². The van der Waals surface area contributed by atoms with Crippen molar-refractivity contribution < 1.29 is 0 Å². The predicted octanol–water partition coefficient (Wildman–Crippen LogP) is 13.1. The molecule has 54 heavy (non-hydrogen) atoms. The highest BCUT2D eigenvalue weighted by Gasteiger charge is 2.43. The van der Waals surface area contributed by atoms with Crippen molar-refractivity contribution in [1.82, 2.24) is 15.0 Å². The Morgan fingerprint density at radius 2 is 0.722 bits per heavy atom. The Bertz CT molecular complexity index is 2640. The lowest BCUT2D eigenvalue weighted by molar-refractivity contribution is 0.353. The molecule has 0 saturated heterocycles. The molecule has 0 N–H and O–H groups in total. The second kappa shape index (κ2) is 13.5. The Morgan fingerprint density at radius 3 is 1.33 bits per heavy atom. The number of aromatic nitrogens is 3. The molecule has 1 heterocycles. The molecule has 0 atom stereocenters. The topological polar surface area (TPSA) is 38.7 Å². The molecular formula is C51H39N3. The molecule has 8 aromatic rings. The van der Waals surface area contributed by atoms with Gasteiger partial charge in [0.1, 0.15) is 0 Å². The first kappa shape index (κ1) is 32.2. The van der Waals surface area contributed by atoms with Crippen molar-refractivity contribution in [2.45, 2.75) is 37.5 Å². The van der Waals surface area contributed by atoms with Crippen LogP contribution in [0.1, 0.15) is 43.2 Å². The van der Waals surface area contributed by atoms with Gasteiger partial charge in [0.25, 0.3) is 0 Å². The molecule has 0 aliphatic heterocycles. The fourth-order valence-corrected chi connectivity index (χ4v) is 8.86. The van der Waals surface area contributed by atoms with E-state index in [4.69, 9.17) is 15.0 Å². The molecule has 2 aliphatic rings. The summed E-state index contributed by atoms with van der Waals surface area (Å²) in [6.45, 7) is 0.